The van der Waals surface area contributed by atoms with Crippen molar-refractivity contribution in [3.05, 3.63) is 35.9 Å². The lowest BCUT2D eigenvalue weighted by molar-refractivity contribution is -0.145. The highest BCUT2D eigenvalue weighted by Crippen LogP contribution is 2.20. The molecule has 1 fully saturated rings. The van der Waals surface area contributed by atoms with Crippen molar-refractivity contribution >= 4 is 29.7 Å². The molecule has 1 heterocycles. The SMILES string of the molecule is CC(O)C(NC(=O)C(Cc1ccccc1)NC(=O)C1CCCN1C(=O)C(N)CCCN=C(N)N)C(=O)O. The first-order chi connectivity index (χ1) is 17.5. The summed E-state index contributed by atoms with van der Waals surface area (Å²) in [5.41, 5.74) is 17.4. The molecule has 0 spiro atoms. The van der Waals surface area contributed by atoms with Crippen LogP contribution in [0.4, 0.5) is 0 Å². The Hall–Kier alpha value is -3.71. The van der Waals surface area contributed by atoms with Gasteiger partial charge in [-0.25, -0.2) is 4.79 Å². The third-order valence-electron chi connectivity index (χ3n) is 6.09. The largest absolute Gasteiger partial charge is 0.480 e. The second kappa shape index (κ2) is 14.1. The summed E-state index contributed by atoms with van der Waals surface area (Å²) in [6.45, 7) is 1.91. The van der Waals surface area contributed by atoms with Crippen molar-refractivity contribution < 1.29 is 29.4 Å². The molecule has 1 saturated heterocycles. The fourth-order valence-corrected chi connectivity index (χ4v) is 4.13. The number of hydrogen-bond donors (Lipinski definition) is 7. The molecule has 0 saturated carbocycles. The average Bonchev–Trinajstić information content (AvgIpc) is 3.34. The number of amides is 3. The molecule has 5 atom stereocenters. The Morgan fingerprint density at radius 3 is 2.43 bits per heavy atom. The van der Waals surface area contributed by atoms with Gasteiger partial charge < -0.3 is 42.9 Å². The first kappa shape index (κ1) is 29.5. The number of aliphatic carboxylic acids is 1. The van der Waals surface area contributed by atoms with Crippen molar-refractivity contribution in [2.45, 2.75) is 69.3 Å². The molecule has 1 aromatic carbocycles. The Morgan fingerprint density at radius 2 is 1.84 bits per heavy atom. The van der Waals surface area contributed by atoms with Gasteiger partial charge in [0, 0.05) is 19.5 Å². The monoisotopic (exact) mass is 519 g/mol. The fraction of sp³-hybridized carbons (Fsp3) is 0.542. The van der Waals surface area contributed by atoms with Crippen LogP contribution in [-0.2, 0) is 25.6 Å². The lowest BCUT2D eigenvalue weighted by Crippen LogP contribution is -2.58. The number of nitrogens with one attached hydrogen (secondary N) is 2. The molecule has 0 bridgehead atoms. The summed E-state index contributed by atoms with van der Waals surface area (Å²) in [4.78, 5) is 55.9. The van der Waals surface area contributed by atoms with Gasteiger partial charge >= 0.3 is 5.97 Å². The fourth-order valence-electron chi connectivity index (χ4n) is 4.13. The highest BCUT2D eigenvalue weighted by atomic mass is 16.4. The maximum atomic E-state index is 13.2. The van der Waals surface area contributed by atoms with Crippen molar-refractivity contribution in [1.82, 2.24) is 15.5 Å². The van der Waals surface area contributed by atoms with E-state index in [0.717, 1.165) is 5.56 Å². The van der Waals surface area contributed by atoms with E-state index in [-0.39, 0.29) is 18.3 Å². The first-order valence-corrected chi connectivity index (χ1v) is 12.2. The van der Waals surface area contributed by atoms with E-state index in [1.807, 2.05) is 0 Å². The van der Waals surface area contributed by atoms with Crippen molar-refractivity contribution in [1.29, 1.82) is 0 Å². The molecule has 10 N–H and O–H groups in total. The minimum absolute atomic E-state index is 0.0478. The highest BCUT2D eigenvalue weighted by molar-refractivity contribution is 5.94. The zero-order valence-corrected chi connectivity index (χ0v) is 20.9. The van der Waals surface area contributed by atoms with Gasteiger partial charge in [-0.3, -0.25) is 19.4 Å². The molecule has 37 heavy (non-hydrogen) atoms. The van der Waals surface area contributed by atoms with Crippen molar-refractivity contribution in [3.63, 3.8) is 0 Å². The molecule has 13 heteroatoms. The standard InChI is InChI=1S/C24H37N7O6/c1-14(32)19(23(36)37)30-20(33)17(13-15-7-3-2-4-8-15)29-21(34)18-10-6-12-31(18)22(35)16(25)9-5-11-28-24(26)27/h2-4,7-8,14,16-19,32H,5-6,9-13,25H2,1H3,(H,29,34)(H,30,33)(H,36,37)(H4,26,27,28). The van der Waals surface area contributed by atoms with Gasteiger partial charge in [0.15, 0.2) is 12.0 Å². The van der Waals surface area contributed by atoms with Gasteiger partial charge in [0.05, 0.1) is 12.1 Å². The Labute approximate surface area is 215 Å². The Bertz CT molecular complexity index is 968. The van der Waals surface area contributed by atoms with E-state index in [9.17, 15) is 29.4 Å². The summed E-state index contributed by atoms with van der Waals surface area (Å²) in [7, 11) is 0. The zero-order valence-electron chi connectivity index (χ0n) is 20.9. The summed E-state index contributed by atoms with van der Waals surface area (Å²) >= 11 is 0. The van der Waals surface area contributed by atoms with Crippen LogP contribution in [0.1, 0.15) is 38.2 Å². The quantitative estimate of drug-likeness (QED) is 0.0870. The minimum atomic E-state index is -1.55. The van der Waals surface area contributed by atoms with Crippen LogP contribution in [0.2, 0.25) is 0 Å². The number of hydrogen-bond acceptors (Lipinski definition) is 7. The van der Waals surface area contributed by atoms with Crippen LogP contribution in [0.25, 0.3) is 0 Å². The summed E-state index contributed by atoms with van der Waals surface area (Å²) in [5.74, 6) is -3.15. The van der Waals surface area contributed by atoms with E-state index in [1.54, 1.807) is 30.3 Å². The molecule has 0 aromatic heterocycles. The Kier molecular flexibility index (Phi) is 11.3. The van der Waals surface area contributed by atoms with E-state index in [1.165, 1.54) is 11.8 Å². The van der Waals surface area contributed by atoms with E-state index in [0.29, 0.717) is 38.8 Å². The Balaban J connectivity index is 2.12. The number of nitrogens with two attached hydrogens (primary N) is 3. The molecule has 1 aromatic rings. The molecule has 3 amide bonds. The number of benzene rings is 1. The van der Waals surface area contributed by atoms with Crippen LogP contribution >= 0.6 is 0 Å². The van der Waals surface area contributed by atoms with Crippen molar-refractivity contribution in [2.24, 2.45) is 22.2 Å². The van der Waals surface area contributed by atoms with Crippen LogP contribution in [0.3, 0.4) is 0 Å². The number of aliphatic hydroxyl groups is 1. The summed E-state index contributed by atoms with van der Waals surface area (Å²) in [6, 6.07) is 4.52. The molecule has 5 unspecified atom stereocenters. The first-order valence-electron chi connectivity index (χ1n) is 12.2. The number of likely N-dealkylation sites (tertiary alicyclic amines) is 1. The van der Waals surface area contributed by atoms with Gasteiger partial charge in [-0.1, -0.05) is 30.3 Å². The molecular weight excluding hydrogens is 482 g/mol. The molecule has 204 valence electrons. The van der Waals surface area contributed by atoms with Crippen LogP contribution in [0.5, 0.6) is 0 Å². The van der Waals surface area contributed by atoms with Gasteiger partial charge in [-0.2, -0.15) is 0 Å². The number of carbonyl (C=O) groups excluding carboxylic acids is 3. The van der Waals surface area contributed by atoms with E-state index in [2.05, 4.69) is 15.6 Å². The predicted molar refractivity (Wildman–Crippen MR) is 136 cm³/mol. The number of carboxylic acids is 1. The van der Waals surface area contributed by atoms with E-state index < -0.39 is 48.1 Å². The summed E-state index contributed by atoms with van der Waals surface area (Å²) in [5, 5.41) is 24.0. The smallest absolute Gasteiger partial charge is 0.328 e. The average molecular weight is 520 g/mol. The van der Waals surface area contributed by atoms with Crippen molar-refractivity contribution in [3.8, 4) is 0 Å². The zero-order chi connectivity index (χ0) is 27.5. The third kappa shape index (κ3) is 9.03. The number of carboxylic acid groups (broad SMARTS) is 1. The molecule has 2 rings (SSSR count). The lowest BCUT2D eigenvalue weighted by Gasteiger charge is -2.29. The van der Waals surface area contributed by atoms with Gasteiger partial charge in [0.2, 0.25) is 17.7 Å². The molecule has 0 aliphatic carbocycles. The van der Waals surface area contributed by atoms with Gasteiger partial charge in [-0.15, -0.1) is 0 Å². The number of aliphatic imine (C=N–C) groups is 1. The molecule has 0 radical (unpaired) electrons. The van der Waals surface area contributed by atoms with Crippen LogP contribution in [0, 0.1) is 0 Å². The third-order valence-corrected chi connectivity index (χ3v) is 6.09. The second-order valence-corrected chi connectivity index (χ2v) is 9.06. The summed E-state index contributed by atoms with van der Waals surface area (Å²) < 4.78 is 0. The van der Waals surface area contributed by atoms with Crippen molar-refractivity contribution in [2.75, 3.05) is 13.1 Å². The normalized spacial score (nSPS) is 18.2. The number of carbonyl (C=O) groups is 4. The summed E-state index contributed by atoms with van der Waals surface area (Å²) in [6.07, 6.45) is 0.520. The van der Waals surface area contributed by atoms with E-state index >= 15 is 0 Å². The molecule has 1 aliphatic rings. The predicted octanol–water partition coefficient (Wildman–Crippen LogP) is -1.96. The topological polar surface area (TPSA) is 226 Å². The Morgan fingerprint density at radius 1 is 1.16 bits per heavy atom. The number of rotatable bonds is 13. The van der Waals surface area contributed by atoms with E-state index in [4.69, 9.17) is 17.2 Å². The number of aliphatic hydroxyl groups excluding tert-OH is 1. The highest BCUT2D eigenvalue weighted by Gasteiger charge is 2.38. The van der Waals surface area contributed by atoms with Gasteiger partial charge in [0.25, 0.3) is 0 Å². The van der Waals surface area contributed by atoms with Gasteiger partial charge in [0.1, 0.15) is 12.1 Å². The maximum Gasteiger partial charge on any atom is 0.328 e. The maximum absolute atomic E-state index is 13.2. The number of nitrogens with zero attached hydrogens (tertiary/aromatic N) is 2. The minimum Gasteiger partial charge on any atom is -0.480 e. The van der Waals surface area contributed by atoms with Crippen LogP contribution in [0.15, 0.2) is 35.3 Å². The lowest BCUT2D eigenvalue weighted by atomic mass is 10.0. The van der Waals surface area contributed by atoms with Crippen LogP contribution in [-0.4, -0.2) is 88.1 Å². The molecule has 13 nitrogen and oxygen atoms in total. The number of guanidine groups is 1. The van der Waals surface area contributed by atoms with Gasteiger partial charge in [-0.05, 0) is 38.2 Å². The molecular formula is C24H37N7O6. The molecule has 1 aliphatic heterocycles. The second-order valence-electron chi connectivity index (χ2n) is 9.06. The van der Waals surface area contributed by atoms with Crippen LogP contribution < -0.4 is 27.8 Å².